The van der Waals surface area contributed by atoms with Gasteiger partial charge in [-0.3, -0.25) is 0 Å². The van der Waals surface area contributed by atoms with Crippen LogP contribution in [-0.2, 0) is 17.4 Å². The van der Waals surface area contributed by atoms with Crippen LogP contribution in [-0.4, -0.2) is 38.2 Å². The fraction of sp³-hybridized carbons (Fsp3) is 0.120. The van der Waals surface area contributed by atoms with Crippen LogP contribution >= 0.6 is 11.6 Å². The van der Waals surface area contributed by atoms with Gasteiger partial charge in [-0.25, -0.2) is 19.6 Å². The van der Waals surface area contributed by atoms with Crippen molar-refractivity contribution >= 4 is 40.3 Å². The van der Waals surface area contributed by atoms with Gasteiger partial charge in [0.1, 0.15) is 23.2 Å². The molecule has 0 radical (unpaired) electrons. The minimum Gasteiger partial charge on any atom is -0.480 e. The van der Waals surface area contributed by atoms with Gasteiger partial charge in [0.2, 0.25) is 5.88 Å². The number of alkyl halides is 3. The predicted octanol–water partition coefficient (Wildman–Crippen LogP) is 5.90. The molecule has 0 fully saturated rings. The van der Waals surface area contributed by atoms with Gasteiger partial charge in [-0.2, -0.15) is 13.2 Å². The Labute approximate surface area is 212 Å². The smallest absolute Gasteiger partial charge is 0.417 e. The molecule has 0 aliphatic carbocycles. The Hall–Kier alpha value is -4.38. The number of benzene rings is 2. The molecule has 0 amide bonds. The Kier molecular flexibility index (Phi) is 7.16. The Morgan fingerprint density at radius 1 is 1.03 bits per heavy atom. The van der Waals surface area contributed by atoms with Gasteiger partial charge in [-0.05, 0) is 48.0 Å². The van der Waals surface area contributed by atoms with Crippen molar-refractivity contribution in [1.82, 2.24) is 9.97 Å². The number of hydrogen-bond acceptors (Lipinski definition) is 6. The van der Waals surface area contributed by atoms with Crippen LogP contribution in [0.3, 0.4) is 0 Å². The number of pyridine rings is 2. The molecule has 2 aromatic carbocycles. The molecular formula is C25H17ClF3N3O5. The van der Waals surface area contributed by atoms with Gasteiger partial charge in [0.25, 0.3) is 0 Å². The minimum atomic E-state index is -4.51. The van der Waals surface area contributed by atoms with Crippen LogP contribution in [0.1, 0.15) is 21.5 Å². The third kappa shape index (κ3) is 6.25. The van der Waals surface area contributed by atoms with E-state index in [2.05, 4.69) is 15.3 Å². The second kappa shape index (κ2) is 10.3. The van der Waals surface area contributed by atoms with Crippen LogP contribution in [0.25, 0.3) is 10.9 Å². The first-order valence-corrected chi connectivity index (χ1v) is 11.0. The summed E-state index contributed by atoms with van der Waals surface area (Å²) < 4.78 is 43.5. The number of carboxylic acids is 2. The predicted molar refractivity (Wildman–Crippen MR) is 128 cm³/mol. The molecule has 37 heavy (non-hydrogen) atoms. The fourth-order valence-corrected chi connectivity index (χ4v) is 3.62. The van der Waals surface area contributed by atoms with Crippen molar-refractivity contribution < 1.29 is 37.7 Å². The zero-order valence-electron chi connectivity index (χ0n) is 18.7. The Morgan fingerprint density at radius 2 is 1.76 bits per heavy atom. The van der Waals surface area contributed by atoms with Crippen molar-refractivity contribution in [3.05, 3.63) is 88.6 Å². The number of anilines is 1. The minimum absolute atomic E-state index is 0.0342. The summed E-state index contributed by atoms with van der Waals surface area (Å²) >= 11 is 5.96. The molecule has 0 saturated carbocycles. The zero-order chi connectivity index (χ0) is 26.7. The van der Waals surface area contributed by atoms with E-state index in [1.807, 2.05) is 0 Å². The van der Waals surface area contributed by atoms with Crippen LogP contribution in [0, 0.1) is 0 Å². The molecule has 2 heterocycles. The Bertz CT molecular complexity index is 1460. The number of rotatable bonds is 8. The molecule has 3 N–H and O–H groups in total. The van der Waals surface area contributed by atoms with E-state index < -0.39 is 29.7 Å². The number of halogens is 4. The molecule has 4 aromatic rings. The number of nitrogens with one attached hydrogen (secondary N) is 1. The molecule has 0 aliphatic heterocycles. The molecule has 8 nitrogen and oxygen atoms in total. The number of aromatic nitrogens is 2. The molecule has 0 bridgehead atoms. The van der Waals surface area contributed by atoms with Gasteiger partial charge in [-0.1, -0.05) is 23.7 Å². The molecule has 0 aliphatic rings. The lowest BCUT2D eigenvalue weighted by atomic mass is 10.0. The summed E-state index contributed by atoms with van der Waals surface area (Å²) in [5, 5.41) is 22.9. The molecule has 190 valence electrons. The number of hydrogen-bond donors (Lipinski definition) is 3. The molecule has 1 atom stereocenters. The molecule has 0 unspecified atom stereocenters. The van der Waals surface area contributed by atoms with Gasteiger partial charge < -0.3 is 20.3 Å². The van der Waals surface area contributed by atoms with Crippen LogP contribution in [0.4, 0.5) is 19.0 Å². The maximum Gasteiger partial charge on any atom is 0.417 e. The summed E-state index contributed by atoms with van der Waals surface area (Å²) in [4.78, 5) is 31.6. The van der Waals surface area contributed by atoms with E-state index in [1.54, 1.807) is 30.3 Å². The molecule has 0 saturated heterocycles. The van der Waals surface area contributed by atoms with Crippen LogP contribution < -0.4 is 10.1 Å². The lowest BCUT2D eigenvalue weighted by molar-refractivity contribution is -0.138. The zero-order valence-corrected chi connectivity index (χ0v) is 19.4. The molecule has 2 aromatic heterocycles. The van der Waals surface area contributed by atoms with E-state index >= 15 is 0 Å². The third-order valence-electron chi connectivity index (χ3n) is 5.27. The van der Waals surface area contributed by atoms with E-state index in [1.165, 1.54) is 18.2 Å². The third-order valence-corrected chi connectivity index (χ3v) is 5.50. The van der Waals surface area contributed by atoms with Crippen molar-refractivity contribution in [1.29, 1.82) is 0 Å². The quantitative estimate of drug-likeness (QED) is 0.257. The number of fused-ring (bicyclic) bond motifs is 1. The fourth-order valence-electron chi connectivity index (χ4n) is 3.44. The first-order valence-electron chi connectivity index (χ1n) is 10.6. The lowest BCUT2D eigenvalue weighted by Crippen LogP contribution is -2.32. The van der Waals surface area contributed by atoms with Crippen LogP contribution in [0.2, 0.25) is 5.02 Å². The maximum atomic E-state index is 12.7. The average Bonchev–Trinajstić information content (AvgIpc) is 2.84. The van der Waals surface area contributed by atoms with E-state index in [4.69, 9.17) is 16.3 Å². The molecular weight excluding hydrogens is 515 g/mol. The van der Waals surface area contributed by atoms with Crippen LogP contribution in [0.15, 0.2) is 66.9 Å². The van der Waals surface area contributed by atoms with E-state index in [0.717, 1.165) is 12.1 Å². The normalized spacial score (nSPS) is 12.2. The average molecular weight is 532 g/mol. The summed E-state index contributed by atoms with van der Waals surface area (Å²) in [5.74, 6) is -2.40. The maximum absolute atomic E-state index is 12.7. The number of nitrogens with zero attached hydrogens (tertiary/aromatic N) is 2. The van der Waals surface area contributed by atoms with Gasteiger partial charge in [-0.15, -0.1) is 0 Å². The number of aromatic carboxylic acids is 1. The number of carbonyl (C=O) groups is 2. The highest BCUT2D eigenvalue weighted by molar-refractivity contribution is 6.31. The van der Waals surface area contributed by atoms with Crippen LogP contribution in [0.5, 0.6) is 11.6 Å². The number of ether oxygens (including phenoxy) is 1. The first kappa shape index (κ1) is 25.7. The monoisotopic (exact) mass is 531 g/mol. The van der Waals surface area contributed by atoms with Gasteiger partial charge >= 0.3 is 18.1 Å². The summed E-state index contributed by atoms with van der Waals surface area (Å²) in [6.07, 6.45) is -3.88. The lowest BCUT2D eigenvalue weighted by Gasteiger charge is -2.17. The summed E-state index contributed by atoms with van der Waals surface area (Å²) in [7, 11) is 0. The number of carboxylic acid groups (broad SMARTS) is 2. The standard InChI is InChI=1S/C25H17ClF3N3O5/c26-16-4-7-19-14(10-16)11-18(23(33)34)22(31-19)32-20(24(35)36)9-13-1-5-17(6-2-13)37-21-8-3-15(12-30-21)25(27,28)29/h1-8,10-12,20H,9H2,(H,31,32)(H,33,34)(H,35,36)/t20-/m0/s1. The highest BCUT2D eigenvalue weighted by Crippen LogP contribution is 2.30. The molecule has 4 rings (SSSR count). The van der Waals surface area contributed by atoms with Crippen molar-refractivity contribution in [3.63, 3.8) is 0 Å². The first-order chi connectivity index (χ1) is 17.5. The van der Waals surface area contributed by atoms with E-state index in [0.29, 0.717) is 27.7 Å². The van der Waals surface area contributed by atoms with E-state index in [9.17, 15) is 33.0 Å². The van der Waals surface area contributed by atoms with E-state index in [-0.39, 0.29) is 29.4 Å². The van der Waals surface area contributed by atoms with Crippen molar-refractivity contribution in [3.8, 4) is 11.6 Å². The van der Waals surface area contributed by atoms with Crippen molar-refractivity contribution in [2.24, 2.45) is 0 Å². The Balaban J connectivity index is 1.50. The summed E-state index contributed by atoms with van der Waals surface area (Å²) in [6, 6.07) is 13.0. The second-order valence-electron chi connectivity index (χ2n) is 7.89. The van der Waals surface area contributed by atoms with Crippen molar-refractivity contribution in [2.45, 2.75) is 18.6 Å². The number of aliphatic carboxylic acids is 1. The SMILES string of the molecule is O=C(O)c1cc2cc(Cl)ccc2nc1N[C@@H](Cc1ccc(Oc2ccc(C(F)(F)F)cn2)cc1)C(=O)O. The molecule has 0 spiro atoms. The summed E-state index contributed by atoms with van der Waals surface area (Å²) in [6.45, 7) is 0. The second-order valence-corrected chi connectivity index (χ2v) is 8.33. The van der Waals surface area contributed by atoms with Crippen molar-refractivity contribution in [2.75, 3.05) is 5.32 Å². The Morgan fingerprint density at radius 3 is 2.35 bits per heavy atom. The van der Waals surface area contributed by atoms with Gasteiger partial charge in [0.15, 0.2) is 0 Å². The summed E-state index contributed by atoms with van der Waals surface area (Å²) in [5.41, 5.74) is -0.122. The van der Waals surface area contributed by atoms with Gasteiger partial charge in [0, 0.05) is 29.1 Å². The largest absolute Gasteiger partial charge is 0.480 e. The topological polar surface area (TPSA) is 122 Å². The molecule has 12 heteroatoms. The highest BCUT2D eigenvalue weighted by atomic mass is 35.5. The van der Waals surface area contributed by atoms with Gasteiger partial charge in [0.05, 0.1) is 11.1 Å². The highest BCUT2D eigenvalue weighted by Gasteiger charge is 2.30.